The maximum absolute atomic E-state index is 9.53. The largest absolute Gasteiger partial charge is 0.393 e. The van der Waals surface area contributed by atoms with Gasteiger partial charge >= 0.3 is 0 Å². The molecule has 2 unspecified atom stereocenters. The van der Waals surface area contributed by atoms with Crippen LogP contribution in [0.4, 0.5) is 0 Å². The van der Waals surface area contributed by atoms with Crippen LogP contribution in [0.25, 0.3) is 0 Å². The van der Waals surface area contributed by atoms with Crippen molar-refractivity contribution in [1.29, 1.82) is 0 Å². The first kappa shape index (κ1) is 12.1. The molecule has 2 atom stereocenters. The third kappa shape index (κ3) is 4.23. The lowest BCUT2D eigenvalue weighted by Gasteiger charge is -2.30. The van der Waals surface area contributed by atoms with E-state index < -0.39 is 8.07 Å². The highest BCUT2D eigenvalue weighted by atomic mass is 28.3. The Morgan fingerprint density at radius 1 is 1.33 bits per heavy atom. The van der Waals surface area contributed by atoms with Crippen molar-refractivity contribution in [3.05, 3.63) is 0 Å². The van der Waals surface area contributed by atoms with Gasteiger partial charge in [0.15, 0.2) is 0 Å². The molecular formula is C9H22O2Si. The van der Waals surface area contributed by atoms with E-state index >= 15 is 0 Å². The summed E-state index contributed by atoms with van der Waals surface area (Å²) in [6.07, 6.45) is -0.233. The fourth-order valence-corrected chi connectivity index (χ4v) is 3.42. The number of hydrogen-bond donors (Lipinski definition) is 1. The van der Waals surface area contributed by atoms with Crippen LogP contribution in [0.5, 0.6) is 0 Å². The van der Waals surface area contributed by atoms with Gasteiger partial charge in [-0.05, 0) is 13.8 Å². The summed E-state index contributed by atoms with van der Waals surface area (Å²) in [5.74, 6) is 0. The van der Waals surface area contributed by atoms with E-state index in [1.54, 1.807) is 0 Å². The molecule has 0 amide bonds. The second-order valence-electron chi connectivity index (χ2n) is 4.37. The fourth-order valence-electron chi connectivity index (χ4n) is 1.36. The summed E-state index contributed by atoms with van der Waals surface area (Å²) in [5, 5.41) is 9.53. The second kappa shape index (κ2) is 4.99. The standard InChI is InChI=1S/C9H22O2Si/c1-6-11-7-9(8(2)10)12(3,4)5/h8-10H,6-7H2,1-5H3. The molecule has 0 aliphatic carbocycles. The van der Waals surface area contributed by atoms with Gasteiger partial charge in [0.25, 0.3) is 0 Å². The lowest BCUT2D eigenvalue weighted by molar-refractivity contribution is 0.0944. The Hall–Kier alpha value is 0.137. The Morgan fingerprint density at radius 3 is 2.08 bits per heavy atom. The van der Waals surface area contributed by atoms with Gasteiger partial charge in [-0.1, -0.05) is 19.6 Å². The van der Waals surface area contributed by atoms with Crippen molar-refractivity contribution in [2.24, 2.45) is 0 Å². The summed E-state index contributed by atoms with van der Waals surface area (Å²) < 4.78 is 5.36. The van der Waals surface area contributed by atoms with Crippen LogP contribution < -0.4 is 0 Å². The molecule has 0 saturated carbocycles. The molecule has 74 valence electrons. The van der Waals surface area contributed by atoms with Gasteiger partial charge in [0.2, 0.25) is 0 Å². The van der Waals surface area contributed by atoms with E-state index in [2.05, 4.69) is 19.6 Å². The van der Waals surface area contributed by atoms with E-state index in [1.165, 1.54) is 0 Å². The maximum atomic E-state index is 9.53. The average Bonchev–Trinajstić information content (AvgIpc) is 1.84. The normalized spacial score (nSPS) is 17.5. The zero-order valence-electron chi connectivity index (χ0n) is 8.92. The lowest BCUT2D eigenvalue weighted by atomic mass is 10.3. The third-order valence-electron chi connectivity index (χ3n) is 2.20. The molecule has 12 heavy (non-hydrogen) atoms. The molecule has 2 nitrogen and oxygen atoms in total. The molecule has 0 saturated heterocycles. The molecule has 0 rings (SSSR count). The van der Waals surface area contributed by atoms with Gasteiger partial charge in [-0.25, -0.2) is 0 Å². The van der Waals surface area contributed by atoms with Gasteiger partial charge in [0.1, 0.15) is 0 Å². The molecule has 3 heteroatoms. The highest BCUT2D eigenvalue weighted by Gasteiger charge is 2.30. The fraction of sp³-hybridized carbons (Fsp3) is 1.00. The first-order valence-corrected chi connectivity index (χ1v) is 8.23. The number of rotatable bonds is 5. The monoisotopic (exact) mass is 190 g/mol. The molecule has 1 N–H and O–H groups in total. The van der Waals surface area contributed by atoms with Gasteiger partial charge < -0.3 is 9.84 Å². The molecule has 0 aromatic heterocycles. The van der Waals surface area contributed by atoms with E-state index in [0.717, 1.165) is 6.61 Å². The van der Waals surface area contributed by atoms with Gasteiger partial charge in [-0.15, -0.1) is 0 Å². The van der Waals surface area contributed by atoms with Crippen molar-refractivity contribution in [3.63, 3.8) is 0 Å². The van der Waals surface area contributed by atoms with Gasteiger partial charge in [0, 0.05) is 18.8 Å². The van der Waals surface area contributed by atoms with E-state index in [4.69, 9.17) is 4.74 Å². The predicted molar refractivity (Wildman–Crippen MR) is 55.3 cm³/mol. The zero-order chi connectivity index (χ0) is 9.78. The zero-order valence-corrected chi connectivity index (χ0v) is 9.92. The summed E-state index contributed by atoms with van der Waals surface area (Å²) in [5.41, 5.74) is 0.359. The minimum atomic E-state index is -1.26. The molecule has 0 spiro atoms. The van der Waals surface area contributed by atoms with Crippen LogP contribution in [-0.4, -0.2) is 32.5 Å². The molecule has 0 aliphatic heterocycles. The van der Waals surface area contributed by atoms with Crippen molar-refractivity contribution < 1.29 is 9.84 Å². The van der Waals surface area contributed by atoms with Crippen LogP contribution >= 0.6 is 0 Å². The van der Waals surface area contributed by atoms with Crippen molar-refractivity contribution in [2.45, 2.75) is 45.1 Å². The third-order valence-corrected chi connectivity index (χ3v) is 5.07. The minimum absolute atomic E-state index is 0.233. The Morgan fingerprint density at radius 2 is 1.83 bits per heavy atom. The quantitative estimate of drug-likeness (QED) is 0.673. The van der Waals surface area contributed by atoms with Crippen molar-refractivity contribution >= 4 is 8.07 Å². The highest BCUT2D eigenvalue weighted by Crippen LogP contribution is 2.25. The van der Waals surface area contributed by atoms with Crippen LogP contribution in [0.3, 0.4) is 0 Å². The summed E-state index contributed by atoms with van der Waals surface area (Å²) >= 11 is 0. The first-order chi connectivity index (χ1) is 5.39. The van der Waals surface area contributed by atoms with Crippen LogP contribution in [0.1, 0.15) is 13.8 Å². The molecular weight excluding hydrogens is 168 g/mol. The molecule has 0 heterocycles. The Bertz CT molecular complexity index is 118. The second-order valence-corrected chi connectivity index (χ2v) is 9.85. The van der Waals surface area contributed by atoms with Gasteiger partial charge in [-0.3, -0.25) is 0 Å². The average molecular weight is 190 g/mol. The first-order valence-electron chi connectivity index (χ1n) is 4.65. The van der Waals surface area contributed by atoms with Gasteiger partial charge in [0.05, 0.1) is 14.2 Å². The molecule has 0 fully saturated rings. The number of aliphatic hydroxyl groups is 1. The summed E-state index contributed by atoms with van der Waals surface area (Å²) in [4.78, 5) is 0. The topological polar surface area (TPSA) is 29.5 Å². The lowest BCUT2D eigenvalue weighted by Crippen LogP contribution is -2.37. The van der Waals surface area contributed by atoms with Crippen LogP contribution in [-0.2, 0) is 4.74 Å². The summed E-state index contributed by atoms with van der Waals surface area (Å²) in [7, 11) is -1.26. The van der Waals surface area contributed by atoms with Crippen LogP contribution in [0.2, 0.25) is 25.2 Å². The van der Waals surface area contributed by atoms with Gasteiger partial charge in [-0.2, -0.15) is 0 Å². The minimum Gasteiger partial charge on any atom is -0.393 e. The van der Waals surface area contributed by atoms with Crippen molar-refractivity contribution in [3.8, 4) is 0 Å². The van der Waals surface area contributed by atoms with E-state index in [-0.39, 0.29) is 6.10 Å². The molecule has 0 aromatic rings. The Kier molecular flexibility index (Phi) is 5.05. The summed E-state index contributed by atoms with van der Waals surface area (Å²) in [6.45, 7) is 12.1. The smallest absolute Gasteiger partial charge is 0.0538 e. The van der Waals surface area contributed by atoms with Crippen molar-refractivity contribution in [1.82, 2.24) is 0 Å². The SMILES string of the molecule is CCOCC(C(C)O)[Si](C)(C)C. The number of aliphatic hydroxyl groups excluding tert-OH is 1. The number of ether oxygens (including phenoxy) is 1. The summed E-state index contributed by atoms with van der Waals surface area (Å²) in [6, 6.07) is 0. The highest BCUT2D eigenvalue weighted by molar-refractivity contribution is 6.77. The van der Waals surface area contributed by atoms with E-state index in [9.17, 15) is 5.11 Å². The maximum Gasteiger partial charge on any atom is 0.0538 e. The molecule has 0 radical (unpaired) electrons. The Balaban J connectivity index is 4.05. The van der Waals surface area contributed by atoms with Crippen LogP contribution in [0, 0.1) is 0 Å². The molecule has 0 aliphatic rings. The predicted octanol–water partition coefficient (Wildman–Crippen LogP) is 2.11. The molecule has 0 aromatic carbocycles. The van der Waals surface area contributed by atoms with Crippen molar-refractivity contribution in [2.75, 3.05) is 13.2 Å². The number of hydrogen-bond acceptors (Lipinski definition) is 2. The van der Waals surface area contributed by atoms with E-state index in [1.807, 2.05) is 13.8 Å². The molecule has 0 bridgehead atoms. The van der Waals surface area contributed by atoms with Crippen LogP contribution in [0.15, 0.2) is 0 Å². The Labute approximate surface area is 76.9 Å². The van der Waals surface area contributed by atoms with E-state index in [0.29, 0.717) is 12.1 Å².